The molecule has 0 saturated heterocycles. The van der Waals surface area contributed by atoms with Crippen LogP contribution in [-0.4, -0.2) is 27.7 Å². The smallest absolute Gasteiger partial charge is 0.356 e. The lowest BCUT2D eigenvalue weighted by Gasteiger charge is -2.27. The minimum absolute atomic E-state index is 0.0241. The number of carbonyl (C=O) groups is 1. The number of nitrogens with one attached hydrogen (secondary N) is 1. The Morgan fingerprint density at radius 1 is 1.38 bits per heavy atom. The van der Waals surface area contributed by atoms with Gasteiger partial charge >= 0.3 is 5.97 Å². The summed E-state index contributed by atoms with van der Waals surface area (Å²) in [6, 6.07) is 5.52. The van der Waals surface area contributed by atoms with Crippen LogP contribution in [0.2, 0.25) is 5.02 Å². The molecule has 2 aromatic rings. The first kappa shape index (κ1) is 13.6. The normalized spacial score (nSPS) is 16.7. The fourth-order valence-corrected chi connectivity index (χ4v) is 2.37. The van der Waals surface area contributed by atoms with Gasteiger partial charge in [-0.15, -0.1) is 0 Å². The van der Waals surface area contributed by atoms with Crippen LogP contribution < -0.4 is 10.1 Å². The molecular weight excluding hydrogens is 294 g/mol. The number of hydrogen-bond donors (Lipinski definition) is 2. The molecule has 0 saturated carbocycles. The van der Waals surface area contributed by atoms with Crippen LogP contribution in [0.25, 0.3) is 0 Å². The number of carboxylic acid groups (broad SMARTS) is 1. The Balaban J connectivity index is 1.81. The summed E-state index contributed by atoms with van der Waals surface area (Å²) in [5, 5.41) is 12.7. The fraction of sp³-hybridized carbons (Fsp3) is 0.214. The van der Waals surface area contributed by atoms with Crippen LogP contribution in [0.1, 0.15) is 28.5 Å². The molecule has 1 atom stereocenters. The number of nitrogens with zero attached hydrogens (tertiary/aromatic N) is 2. The van der Waals surface area contributed by atoms with Gasteiger partial charge in [0, 0.05) is 17.0 Å². The Hall–Kier alpha value is -2.34. The van der Waals surface area contributed by atoms with E-state index >= 15 is 0 Å². The Morgan fingerprint density at radius 2 is 2.24 bits per heavy atom. The summed E-state index contributed by atoms with van der Waals surface area (Å²) in [5.74, 6) is 0.175. The topological polar surface area (TPSA) is 84.3 Å². The first-order valence-electron chi connectivity index (χ1n) is 6.37. The number of ether oxygens (including phenoxy) is 1. The molecule has 1 aromatic carbocycles. The molecule has 1 aromatic heterocycles. The highest BCUT2D eigenvalue weighted by Crippen LogP contribution is 2.35. The molecule has 6 nitrogen and oxygen atoms in total. The highest BCUT2D eigenvalue weighted by atomic mass is 35.5. The second-order valence-electron chi connectivity index (χ2n) is 4.61. The first-order valence-corrected chi connectivity index (χ1v) is 6.75. The van der Waals surface area contributed by atoms with Gasteiger partial charge in [-0.2, -0.15) is 0 Å². The third-order valence-electron chi connectivity index (χ3n) is 3.21. The molecule has 0 radical (unpaired) electrons. The molecule has 0 aliphatic carbocycles. The molecule has 7 heteroatoms. The van der Waals surface area contributed by atoms with Crippen LogP contribution in [0.3, 0.4) is 0 Å². The van der Waals surface area contributed by atoms with Gasteiger partial charge in [-0.1, -0.05) is 17.7 Å². The molecule has 1 aliphatic rings. The van der Waals surface area contributed by atoms with Gasteiger partial charge in [0.25, 0.3) is 0 Å². The average molecular weight is 306 g/mol. The quantitative estimate of drug-likeness (QED) is 0.907. The van der Waals surface area contributed by atoms with Gasteiger partial charge in [0.15, 0.2) is 5.69 Å². The van der Waals surface area contributed by atoms with E-state index in [1.165, 1.54) is 12.4 Å². The molecule has 0 spiro atoms. The summed E-state index contributed by atoms with van der Waals surface area (Å²) < 4.78 is 5.58. The van der Waals surface area contributed by atoms with Crippen molar-refractivity contribution in [1.29, 1.82) is 0 Å². The van der Waals surface area contributed by atoms with Crippen molar-refractivity contribution < 1.29 is 14.6 Å². The lowest BCUT2D eigenvalue weighted by molar-refractivity contribution is 0.0690. The van der Waals surface area contributed by atoms with Crippen molar-refractivity contribution in [2.75, 3.05) is 11.9 Å². The monoisotopic (exact) mass is 305 g/mol. The zero-order valence-electron chi connectivity index (χ0n) is 10.9. The number of rotatable bonds is 3. The number of anilines is 1. The first-order chi connectivity index (χ1) is 10.1. The van der Waals surface area contributed by atoms with E-state index in [-0.39, 0.29) is 11.7 Å². The van der Waals surface area contributed by atoms with Gasteiger partial charge in [0.1, 0.15) is 11.6 Å². The number of aromatic nitrogens is 2. The predicted molar refractivity (Wildman–Crippen MR) is 76.9 cm³/mol. The van der Waals surface area contributed by atoms with Gasteiger partial charge in [-0.3, -0.25) is 0 Å². The Kier molecular flexibility index (Phi) is 3.62. The molecule has 0 amide bonds. The van der Waals surface area contributed by atoms with Gasteiger partial charge in [0.05, 0.1) is 25.0 Å². The van der Waals surface area contributed by atoms with Crippen molar-refractivity contribution in [2.45, 2.75) is 12.5 Å². The SMILES string of the molecule is O=C(O)c1cnc(NC2CCOc3cc(Cl)ccc32)cn1. The maximum absolute atomic E-state index is 10.7. The molecule has 0 bridgehead atoms. The lowest BCUT2D eigenvalue weighted by Crippen LogP contribution is -2.21. The summed E-state index contributed by atoms with van der Waals surface area (Å²) in [6.45, 7) is 0.575. The molecule has 2 heterocycles. The number of halogens is 1. The molecular formula is C14H12ClN3O3. The standard InChI is InChI=1S/C14H12ClN3O3/c15-8-1-2-9-10(3-4-21-12(9)5-8)18-13-7-16-11(6-17-13)14(19)20/h1-2,5-7,10H,3-4H2,(H,17,18)(H,19,20). The molecule has 1 unspecified atom stereocenters. The summed E-state index contributed by atoms with van der Waals surface area (Å²) in [5.41, 5.74) is 0.912. The van der Waals surface area contributed by atoms with Crippen LogP contribution in [0, 0.1) is 0 Å². The number of fused-ring (bicyclic) bond motifs is 1. The van der Waals surface area contributed by atoms with E-state index in [0.717, 1.165) is 17.7 Å². The summed E-state index contributed by atoms with van der Waals surface area (Å²) in [7, 11) is 0. The highest BCUT2D eigenvalue weighted by Gasteiger charge is 2.22. The molecule has 3 rings (SSSR count). The van der Waals surface area contributed by atoms with Crippen LogP contribution in [0.15, 0.2) is 30.6 Å². The third kappa shape index (κ3) is 2.90. The van der Waals surface area contributed by atoms with E-state index < -0.39 is 5.97 Å². The maximum Gasteiger partial charge on any atom is 0.356 e. The van der Waals surface area contributed by atoms with E-state index in [1.54, 1.807) is 6.07 Å². The number of aromatic carboxylic acids is 1. The number of benzene rings is 1. The van der Waals surface area contributed by atoms with Crippen LogP contribution in [0.4, 0.5) is 5.82 Å². The van der Waals surface area contributed by atoms with Crippen molar-refractivity contribution in [3.63, 3.8) is 0 Å². The molecule has 21 heavy (non-hydrogen) atoms. The average Bonchev–Trinajstić information content (AvgIpc) is 2.47. The molecule has 108 valence electrons. The van der Waals surface area contributed by atoms with Gasteiger partial charge in [0.2, 0.25) is 0 Å². The summed E-state index contributed by atoms with van der Waals surface area (Å²) in [4.78, 5) is 18.6. The Bertz CT molecular complexity index is 676. The van der Waals surface area contributed by atoms with E-state index in [9.17, 15) is 4.79 Å². The zero-order chi connectivity index (χ0) is 14.8. The largest absolute Gasteiger partial charge is 0.493 e. The van der Waals surface area contributed by atoms with E-state index in [1.807, 2.05) is 12.1 Å². The predicted octanol–water partition coefficient (Wildman–Crippen LogP) is 2.76. The summed E-state index contributed by atoms with van der Waals surface area (Å²) >= 11 is 5.95. The maximum atomic E-state index is 10.7. The minimum Gasteiger partial charge on any atom is -0.493 e. The van der Waals surface area contributed by atoms with Crippen molar-refractivity contribution in [3.05, 3.63) is 46.9 Å². The lowest BCUT2D eigenvalue weighted by atomic mass is 10.0. The Morgan fingerprint density at radius 3 is 2.95 bits per heavy atom. The van der Waals surface area contributed by atoms with Gasteiger partial charge in [-0.25, -0.2) is 14.8 Å². The molecule has 1 aliphatic heterocycles. The number of carboxylic acids is 1. The molecule has 0 fully saturated rings. The fourth-order valence-electron chi connectivity index (χ4n) is 2.20. The Labute approximate surface area is 125 Å². The third-order valence-corrected chi connectivity index (χ3v) is 3.44. The van der Waals surface area contributed by atoms with E-state index in [0.29, 0.717) is 17.4 Å². The van der Waals surface area contributed by atoms with E-state index in [2.05, 4.69) is 15.3 Å². The van der Waals surface area contributed by atoms with Gasteiger partial charge < -0.3 is 15.2 Å². The van der Waals surface area contributed by atoms with Crippen molar-refractivity contribution >= 4 is 23.4 Å². The van der Waals surface area contributed by atoms with Crippen LogP contribution in [-0.2, 0) is 0 Å². The van der Waals surface area contributed by atoms with E-state index in [4.69, 9.17) is 21.4 Å². The van der Waals surface area contributed by atoms with Crippen molar-refractivity contribution in [1.82, 2.24) is 9.97 Å². The zero-order valence-corrected chi connectivity index (χ0v) is 11.7. The van der Waals surface area contributed by atoms with Crippen LogP contribution >= 0.6 is 11.6 Å². The van der Waals surface area contributed by atoms with Gasteiger partial charge in [-0.05, 0) is 12.1 Å². The number of hydrogen-bond acceptors (Lipinski definition) is 5. The second kappa shape index (κ2) is 5.57. The van der Waals surface area contributed by atoms with Crippen molar-refractivity contribution in [2.24, 2.45) is 0 Å². The summed E-state index contributed by atoms with van der Waals surface area (Å²) in [6.07, 6.45) is 3.41. The minimum atomic E-state index is -1.10. The van der Waals surface area contributed by atoms with Crippen molar-refractivity contribution in [3.8, 4) is 5.75 Å². The highest BCUT2D eigenvalue weighted by molar-refractivity contribution is 6.30. The molecule has 2 N–H and O–H groups in total. The van der Waals surface area contributed by atoms with Crippen LogP contribution in [0.5, 0.6) is 5.75 Å². The second-order valence-corrected chi connectivity index (χ2v) is 5.04.